The van der Waals surface area contributed by atoms with Crippen LogP contribution in [-0.2, 0) is 16.6 Å². The number of carboxylic acid groups (broad SMARTS) is 1. The first-order chi connectivity index (χ1) is 13.7. The van der Waals surface area contributed by atoms with Gasteiger partial charge in [0.05, 0.1) is 23.4 Å². The van der Waals surface area contributed by atoms with E-state index in [2.05, 4.69) is 15.0 Å². The molecule has 1 unspecified atom stereocenters. The lowest BCUT2D eigenvalue weighted by molar-refractivity contribution is -0.277. The Hall–Kier alpha value is -2.82. The van der Waals surface area contributed by atoms with E-state index < -0.39 is 46.8 Å². The zero-order chi connectivity index (χ0) is 22.5. The van der Waals surface area contributed by atoms with E-state index in [1.807, 2.05) is 0 Å². The van der Waals surface area contributed by atoms with Crippen molar-refractivity contribution >= 4 is 23.3 Å². The maximum absolute atomic E-state index is 14.0. The molecule has 2 heterocycles. The average molecular weight is 453 g/mol. The van der Waals surface area contributed by atoms with Gasteiger partial charge in [0, 0.05) is 5.02 Å². The lowest BCUT2D eigenvalue weighted by atomic mass is 9.89. The molecule has 1 atom stereocenters. The first-order valence-corrected chi connectivity index (χ1v) is 8.54. The van der Waals surface area contributed by atoms with Crippen LogP contribution < -0.4 is 0 Å². The van der Waals surface area contributed by atoms with E-state index in [0.29, 0.717) is 12.1 Å². The summed E-state index contributed by atoms with van der Waals surface area (Å²) in [6.45, 7) is 1.44. The summed E-state index contributed by atoms with van der Waals surface area (Å²) in [5.41, 5.74) is -5.89. The van der Waals surface area contributed by atoms with E-state index in [9.17, 15) is 31.1 Å². The minimum atomic E-state index is -5.19. The zero-order valence-corrected chi connectivity index (χ0v) is 15.7. The third-order valence-corrected chi connectivity index (χ3v) is 4.69. The standard InChI is InChI=1S/C18H11ClF6N2O3/c1-8-4-9(2-3-11(8)15(28)29)12-7-16(30-27-12,18(23,24)25)13-5-10(19)6-14(26-13)17(20,21)22/h2-6H,7H2,1H3,(H,28,29). The lowest BCUT2D eigenvalue weighted by Crippen LogP contribution is -2.43. The van der Waals surface area contributed by atoms with Crippen molar-refractivity contribution in [2.24, 2.45) is 5.16 Å². The monoisotopic (exact) mass is 452 g/mol. The molecule has 0 saturated heterocycles. The molecule has 1 aliphatic rings. The highest BCUT2D eigenvalue weighted by atomic mass is 35.5. The molecule has 0 radical (unpaired) electrons. The summed E-state index contributed by atoms with van der Waals surface area (Å²) in [6, 6.07) is 4.76. The number of oxime groups is 1. The molecule has 5 nitrogen and oxygen atoms in total. The Bertz CT molecular complexity index is 1050. The van der Waals surface area contributed by atoms with Gasteiger partial charge in [0.2, 0.25) is 0 Å². The molecule has 2 aromatic rings. The second-order valence-corrected chi connectivity index (χ2v) is 6.96. The number of pyridine rings is 1. The van der Waals surface area contributed by atoms with E-state index >= 15 is 0 Å². The van der Waals surface area contributed by atoms with Gasteiger partial charge >= 0.3 is 18.3 Å². The van der Waals surface area contributed by atoms with Crippen LogP contribution in [0.4, 0.5) is 26.3 Å². The van der Waals surface area contributed by atoms with Crippen LogP contribution >= 0.6 is 11.6 Å². The number of hydrogen-bond donors (Lipinski definition) is 1. The van der Waals surface area contributed by atoms with Gasteiger partial charge in [0.15, 0.2) is 0 Å². The predicted molar refractivity (Wildman–Crippen MR) is 92.4 cm³/mol. The number of alkyl halides is 6. The molecular formula is C18H11ClF6N2O3. The summed E-state index contributed by atoms with van der Waals surface area (Å²) in [4.78, 5) is 18.9. The van der Waals surface area contributed by atoms with Crippen molar-refractivity contribution in [2.75, 3.05) is 0 Å². The second kappa shape index (κ2) is 7.15. The Kier molecular flexibility index (Phi) is 5.21. The van der Waals surface area contributed by atoms with E-state index in [-0.39, 0.29) is 22.4 Å². The van der Waals surface area contributed by atoms with Crippen molar-refractivity contribution in [3.8, 4) is 0 Å². The van der Waals surface area contributed by atoms with Crippen LogP contribution in [0.2, 0.25) is 5.02 Å². The highest BCUT2D eigenvalue weighted by Gasteiger charge is 2.63. The van der Waals surface area contributed by atoms with E-state index in [1.165, 1.54) is 25.1 Å². The normalized spacial score (nSPS) is 19.4. The van der Waals surface area contributed by atoms with Crippen LogP contribution in [0.25, 0.3) is 0 Å². The number of hydrogen-bond acceptors (Lipinski definition) is 4. The molecule has 0 spiro atoms. The van der Waals surface area contributed by atoms with Crippen molar-refractivity contribution in [2.45, 2.75) is 31.3 Å². The first-order valence-electron chi connectivity index (χ1n) is 8.16. The van der Waals surface area contributed by atoms with Crippen LogP contribution in [0.3, 0.4) is 0 Å². The quantitative estimate of drug-likeness (QED) is 0.638. The van der Waals surface area contributed by atoms with Crippen molar-refractivity contribution in [3.63, 3.8) is 0 Å². The van der Waals surface area contributed by atoms with Gasteiger partial charge in [-0.2, -0.15) is 26.3 Å². The Labute approximate surface area is 169 Å². The number of halogens is 7. The van der Waals surface area contributed by atoms with Crippen LogP contribution in [0.5, 0.6) is 0 Å². The van der Waals surface area contributed by atoms with Gasteiger partial charge in [-0.15, -0.1) is 0 Å². The Morgan fingerprint density at radius 3 is 2.37 bits per heavy atom. The summed E-state index contributed by atoms with van der Waals surface area (Å²) in [5.74, 6) is -1.23. The Balaban J connectivity index is 2.06. The highest BCUT2D eigenvalue weighted by molar-refractivity contribution is 6.30. The molecule has 0 saturated carbocycles. The molecule has 1 aliphatic heterocycles. The third kappa shape index (κ3) is 3.81. The molecule has 12 heteroatoms. The van der Waals surface area contributed by atoms with Crippen molar-refractivity contribution in [1.29, 1.82) is 0 Å². The SMILES string of the molecule is Cc1cc(C2=NOC(c3cc(Cl)cc(C(F)(F)F)n3)(C(F)(F)F)C2)ccc1C(=O)O. The van der Waals surface area contributed by atoms with Crippen molar-refractivity contribution in [1.82, 2.24) is 4.98 Å². The van der Waals surface area contributed by atoms with Crippen molar-refractivity contribution < 1.29 is 41.1 Å². The molecule has 1 aromatic heterocycles. The fourth-order valence-corrected chi connectivity index (χ4v) is 3.16. The molecular weight excluding hydrogens is 442 g/mol. The fraction of sp³-hybridized carbons (Fsp3) is 0.278. The third-order valence-electron chi connectivity index (χ3n) is 4.47. The maximum Gasteiger partial charge on any atom is 0.437 e. The first kappa shape index (κ1) is 21.9. The summed E-state index contributed by atoms with van der Waals surface area (Å²) < 4.78 is 81.0. The highest BCUT2D eigenvalue weighted by Crippen LogP contribution is 2.49. The topological polar surface area (TPSA) is 71.8 Å². The molecule has 0 aliphatic carbocycles. The van der Waals surface area contributed by atoms with Crippen LogP contribution in [0, 0.1) is 6.92 Å². The summed E-state index contributed by atoms with van der Waals surface area (Å²) in [5, 5.41) is 11.9. The van der Waals surface area contributed by atoms with E-state index in [0.717, 1.165) is 0 Å². The van der Waals surface area contributed by atoms with Crippen molar-refractivity contribution in [3.05, 3.63) is 63.4 Å². The molecule has 1 aromatic carbocycles. The van der Waals surface area contributed by atoms with Gasteiger partial charge < -0.3 is 9.94 Å². The summed E-state index contributed by atoms with van der Waals surface area (Å²) >= 11 is 5.61. The summed E-state index contributed by atoms with van der Waals surface area (Å²) in [7, 11) is 0. The van der Waals surface area contributed by atoms with Gasteiger partial charge in [-0.3, -0.25) is 0 Å². The van der Waals surface area contributed by atoms with Gasteiger partial charge in [0.25, 0.3) is 5.60 Å². The minimum Gasteiger partial charge on any atom is -0.478 e. The van der Waals surface area contributed by atoms with E-state index in [1.54, 1.807) is 0 Å². The van der Waals surface area contributed by atoms with Crippen LogP contribution in [0.1, 0.15) is 39.3 Å². The maximum atomic E-state index is 14.0. The van der Waals surface area contributed by atoms with Crippen LogP contribution in [0.15, 0.2) is 35.5 Å². The predicted octanol–water partition coefficient (Wildman–Crippen LogP) is 5.34. The molecule has 160 valence electrons. The van der Waals surface area contributed by atoms with Crippen LogP contribution in [-0.4, -0.2) is 27.9 Å². The number of carbonyl (C=O) groups is 1. The van der Waals surface area contributed by atoms with E-state index in [4.69, 9.17) is 16.7 Å². The number of benzene rings is 1. The Morgan fingerprint density at radius 1 is 1.17 bits per heavy atom. The Morgan fingerprint density at radius 2 is 1.83 bits per heavy atom. The number of aryl methyl sites for hydroxylation is 1. The smallest absolute Gasteiger partial charge is 0.437 e. The lowest BCUT2D eigenvalue weighted by Gasteiger charge is -2.29. The average Bonchev–Trinajstić information content (AvgIpc) is 3.06. The van der Waals surface area contributed by atoms with Gasteiger partial charge in [0.1, 0.15) is 5.69 Å². The zero-order valence-electron chi connectivity index (χ0n) is 14.9. The number of nitrogens with zero attached hydrogens (tertiary/aromatic N) is 2. The van der Waals surface area contributed by atoms with Gasteiger partial charge in [-0.1, -0.05) is 22.8 Å². The molecule has 1 N–H and O–H groups in total. The largest absolute Gasteiger partial charge is 0.478 e. The molecule has 0 bridgehead atoms. The fourth-order valence-electron chi connectivity index (χ4n) is 2.96. The second-order valence-electron chi connectivity index (χ2n) is 6.52. The molecule has 0 fully saturated rings. The van der Waals surface area contributed by atoms with Gasteiger partial charge in [-0.05, 0) is 42.3 Å². The minimum absolute atomic E-state index is 0.0633. The number of aromatic nitrogens is 1. The number of aromatic carboxylic acids is 1. The van der Waals surface area contributed by atoms with Gasteiger partial charge in [-0.25, -0.2) is 9.78 Å². The molecule has 3 rings (SSSR count). The molecule has 0 amide bonds. The molecule has 30 heavy (non-hydrogen) atoms. The number of rotatable bonds is 3. The number of carboxylic acids is 1. The summed E-state index contributed by atoms with van der Waals surface area (Å²) in [6.07, 6.45) is -11.2.